The van der Waals surface area contributed by atoms with Crippen LogP contribution >= 0.6 is 12.2 Å². The van der Waals surface area contributed by atoms with Crippen molar-refractivity contribution in [2.75, 3.05) is 44.7 Å². The zero-order valence-corrected chi connectivity index (χ0v) is 16.3. The summed E-state index contributed by atoms with van der Waals surface area (Å²) in [5, 5.41) is 3.75. The summed E-state index contributed by atoms with van der Waals surface area (Å²) >= 11 is 5.50. The van der Waals surface area contributed by atoms with Gasteiger partial charge in [-0.15, -0.1) is 0 Å². The third kappa shape index (κ3) is 4.95. The van der Waals surface area contributed by atoms with Gasteiger partial charge in [-0.2, -0.15) is 0 Å². The molecule has 7 nitrogen and oxygen atoms in total. The summed E-state index contributed by atoms with van der Waals surface area (Å²) < 4.78 is 10.5. The van der Waals surface area contributed by atoms with E-state index >= 15 is 0 Å². The average Bonchev–Trinajstić information content (AvgIpc) is 3.23. The molecule has 1 N–H and O–H groups in total. The van der Waals surface area contributed by atoms with Crippen molar-refractivity contribution in [1.82, 2.24) is 9.80 Å². The average molecular weight is 391 g/mol. The van der Waals surface area contributed by atoms with Crippen LogP contribution in [0.5, 0.6) is 0 Å². The maximum absolute atomic E-state index is 12.4. The number of thiocarbonyl (C=S) groups is 1. The summed E-state index contributed by atoms with van der Waals surface area (Å²) in [6.45, 7) is 5.38. The van der Waals surface area contributed by atoms with Gasteiger partial charge in [0, 0.05) is 38.5 Å². The van der Waals surface area contributed by atoms with E-state index in [-0.39, 0.29) is 18.0 Å². The van der Waals surface area contributed by atoms with E-state index < -0.39 is 0 Å². The summed E-state index contributed by atoms with van der Waals surface area (Å²) in [6, 6.07) is 7.07. The number of hydrogen-bond acceptors (Lipinski definition) is 5. The number of anilines is 1. The van der Waals surface area contributed by atoms with Crippen LogP contribution in [0, 0.1) is 0 Å². The molecule has 0 saturated carbocycles. The molecule has 0 aliphatic carbocycles. The van der Waals surface area contributed by atoms with E-state index in [4.69, 9.17) is 21.7 Å². The molecule has 27 heavy (non-hydrogen) atoms. The molecule has 1 unspecified atom stereocenters. The second-order valence-electron chi connectivity index (χ2n) is 6.55. The van der Waals surface area contributed by atoms with Crippen molar-refractivity contribution in [1.29, 1.82) is 0 Å². The monoisotopic (exact) mass is 391 g/mol. The van der Waals surface area contributed by atoms with E-state index in [2.05, 4.69) is 5.32 Å². The molecule has 8 heteroatoms. The first-order valence-electron chi connectivity index (χ1n) is 9.32. The van der Waals surface area contributed by atoms with Crippen LogP contribution < -0.4 is 5.32 Å². The standard InChI is InChI=1S/C19H25N3O4S/c1-2-25-18(24)14-5-3-6-15(13-14)20-19(27)22-10-8-21(9-11-22)17(23)16-7-4-12-26-16/h3,5-6,13,16H,2,4,7-12H2,1H3,(H,20,27). The first kappa shape index (κ1) is 19.6. The quantitative estimate of drug-likeness (QED) is 0.621. The summed E-state index contributed by atoms with van der Waals surface area (Å²) in [6.07, 6.45) is 1.50. The van der Waals surface area contributed by atoms with Gasteiger partial charge in [-0.25, -0.2) is 4.79 Å². The van der Waals surface area contributed by atoms with Crippen molar-refractivity contribution < 1.29 is 19.1 Å². The normalized spacial score (nSPS) is 19.7. The van der Waals surface area contributed by atoms with Gasteiger partial charge in [0.15, 0.2) is 5.11 Å². The maximum atomic E-state index is 12.4. The molecule has 1 aromatic carbocycles. The highest BCUT2D eigenvalue weighted by atomic mass is 32.1. The number of rotatable bonds is 4. The molecule has 0 aromatic heterocycles. The number of nitrogens with one attached hydrogen (secondary N) is 1. The maximum Gasteiger partial charge on any atom is 0.338 e. The first-order valence-corrected chi connectivity index (χ1v) is 9.73. The van der Waals surface area contributed by atoms with Crippen LogP contribution in [0.3, 0.4) is 0 Å². The first-order chi connectivity index (χ1) is 13.1. The zero-order chi connectivity index (χ0) is 19.2. The van der Waals surface area contributed by atoms with Gasteiger partial charge in [-0.05, 0) is 50.2 Å². The van der Waals surface area contributed by atoms with E-state index in [0.717, 1.165) is 18.5 Å². The predicted molar refractivity (Wildman–Crippen MR) is 106 cm³/mol. The molecule has 2 saturated heterocycles. The van der Waals surface area contributed by atoms with Gasteiger partial charge in [-0.3, -0.25) is 4.79 Å². The van der Waals surface area contributed by atoms with Crippen molar-refractivity contribution in [3.8, 4) is 0 Å². The molecule has 0 bridgehead atoms. The number of hydrogen-bond donors (Lipinski definition) is 1. The molecular formula is C19H25N3O4S. The summed E-state index contributed by atoms with van der Waals surface area (Å²) in [5.41, 5.74) is 1.22. The number of esters is 1. The van der Waals surface area contributed by atoms with Crippen molar-refractivity contribution in [2.24, 2.45) is 0 Å². The molecule has 2 heterocycles. The van der Waals surface area contributed by atoms with Crippen molar-refractivity contribution in [3.05, 3.63) is 29.8 Å². The lowest BCUT2D eigenvalue weighted by Gasteiger charge is -2.37. The van der Waals surface area contributed by atoms with Gasteiger partial charge in [0.2, 0.25) is 0 Å². The highest BCUT2D eigenvalue weighted by Gasteiger charge is 2.30. The third-order valence-electron chi connectivity index (χ3n) is 4.71. The Labute approximate surface area is 164 Å². The molecular weight excluding hydrogens is 366 g/mol. The molecule has 3 rings (SSSR count). The minimum Gasteiger partial charge on any atom is -0.462 e. The van der Waals surface area contributed by atoms with Gasteiger partial charge >= 0.3 is 5.97 Å². The van der Waals surface area contributed by atoms with E-state index in [1.165, 1.54) is 0 Å². The number of benzene rings is 1. The molecule has 0 radical (unpaired) electrons. The molecule has 1 amide bonds. The Hall–Kier alpha value is -2.19. The molecule has 146 valence electrons. The van der Waals surface area contributed by atoms with Crippen molar-refractivity contribution in [2.45, 2.75) is 25.9 Å². The highest BCUT2D eigenvalue weighted by molar-refractivity contribution is 7.80. The molecule has 1 aromatic rings. The van der Waals surface area contributed by atoms with Crippen LogP contribution in [0.2, 0.25) is 0 Å². The van der Waals surface area contributed by atoms with Crippen LogP contribution in [0.15, 0.2) is 24.3 Å². The fourth-order valence-corrected chi connectivity index (χ4v) is 3.55. The van der Waals surface area contributed by atoms with Crippen molar-refractivity contribution in [3.63, 3.8) is 0 Å². The smallest absolute Gasteiger partial charge is 0.338 e. The van der Waals surface area contributed by atoms with Gasteiger partial charge < -0.3 is 24.6 Å². The second-order valence-corrected chi connectivity index (χ2v) is 6.93. The molecule has 1 atom stereocenters. The summed E-state index contributed by atoms with van der Waals surface area (Å²) in [4.78, 5) is 28.2. The zero-order valence-electron chi connectivity index (χ0n) is 15.5. The lowest BCUT2D eigenvalue weighted by atomic mass is 10.2. The Morgan fingerprint density at radius 1 is 1.26 bits per heavy atom. The number of nitrogens with zero attached hydrogens (tertiary/aromatic N) is 2. The second kappa shape index (κ2) is 9.14. The molecule has 2 fully saturated rings. The van der Waals surface area contributed by atoms with Crippen LogP contribution in [-0.2, 0) is 14.3 Å². The SMILES string of the molecule is CCOC(=O)c1cccc(NC(=S)N2CCN(C(=O)C3CCCO3)CC2)c1. The van der Waals surface area contributed by atoms with Crippen LogP contribution in [0.25, 0.3) is 0 Å². The van der Waals surface area contributed by atoms with Gasteiger partial charge in [0.1, 0.15) is 6.10 Å². The fourth-order valence-electron chi connectivity index (χ4n) is 3.25. The number of carbonyl (C=O) groups is 2. The third-order valence-corrected chi connectivity index (χ3v) is 5.07. The number of carbonyl (C=O) groups excluding carboxylic acids is 2. The van der Waals surface area contributed by atoms with Crippen LogP contribution in [0.1, 0.15) is 30.1 Å². The highest BCUT2D eigenvalue weighted by Crippen LogP contribution is 2.17. The Morgan fingerprint density at radius 3 is 2.67 bits per heavy atom. The van der Waals surface area contributed by atoms with E-state index in [9.17, 15) is 9.59 Å². The lowest BCUT2D eigenvalue weighted by Crippen LogP contribution is -2.53. The number of ether oxygens (including phenoxy) is 2. The number of piperazine rings is 1. The Bertz CT molecular complexity index is 698. The van der Waals surface area contributed by atoms with Gasteiger partial charge in [-0.1, -0.05) is 6.07 Å². The lowest BCUT2D eigenvalue weighted by molar-refractivity contribution is -0.142. The summed E-state index contributed by atoms with van der Waals surface area (Å²) in [5.74, 6) is -0.263. The Morgan fingerprint density at radius 2 is 2.00 bits per heavy atom. The summed E-state index contributed by atoms with van der Waals surface area (Å²) in [7, 11) is 0. The van der Waals surface area contributed by atoms with Gasteiger partial charge in [0.25, 0.3) is 5.91 Å². The van der Waals surface area contributed by atoms with Crippen LogP contribution in [-0.4, -0.2) is 72.3 Å². The topological polar surface area (TPSA) is 71.1 Å². The van der Waals surface area contributed by atoms with Gasteiger partial charge in [0.05, 0.1) is 12.2 Å². The predicted octanol–water partition coefficient (Wildman–Crippen LogP) is 1.88. The van der Waals surface area contributed by atoms with E-state index in [1.54, 1.807) is 25.1 Å². The Balaban J connectivity index is 1.51. The molecule has 2 aliphatic rings. The van der Waals surface area contributed by atoms with Crippen LogP contribution in [0.4, 0.5) is 5.69 Å². The van der Waals surface area contributed by atoms with Crippen molar-refractivity contribution >= 4 is 34.9 Å². The van der Waals surface area contributed by atoms with E-state index in [1.807, 2.05) is 15.9 Å². The largest absolute Gasteiger partial charge is 0.462 e. The fraction of sp³-hybridized carbons (Fsp3) is 0.526. The van der Waals surface area contributed by atoms with E-state index in [0.29, 0.717) is 50.1 Å². The Kier molecular flexibility index (Phi) is 6.63. The molecule has 0 spiro atoms. The minimum absolute atomic E-state index is 0.0909. The minimum atomic E-state index is -0.353. The molecule has 2 aliphatic heterocycles. The number of amides is 1.